The number of aryl methyl sites for hydroxylation is 2. The lowest BCUT2D eigenvalue weighted by molar-refractivity contribution is -0.116. The van der Waals surface area contributed by atoms with E-state index in [0.717, 1.165) is 12.1 Å². The minimum Gasteiger partial charge on any atom is -0.311 e. The van der Waals surface area contributed by atoms with Crippen LogP contribution in [0.25, 0.3) is 44.1 Å². The third-order valence-corrected chi connectivity index (χ3v) is 11.5. The van der Waals surface area contributed by atoms with Gasteiger partial charge in [-0.25, -0.2) is 32.7 Å². The number of fused-ring (bicyclic) bond motifs is 2. The van der Waals surface area contributed by atoms with Gasteiger partial charge in [0.2, 0.25) is 11.9 Å². The highest BCUT2D eigenvalue weighted by Crippen LogP contribution is 2.35. The van der Waals surface area contributed by atoms with Gasteiger partial charge in [0.05, 0.1) is 39.1 Å². The number of carbonyl (C=O) groups is 4. The normalized spacial score (nSPS) is 11.4. The summed E-state index contributed by atoms with van der Waals surface area (Å²) in [5.41, 5.74) is -1.88. The Labute approximate surface area is 411 Å². The second-order valence-electron chi connectivity index (χ2n) is 15.9. The van der Waals surface area contributed by atoms with Crippen molar-refractivity contribution < 1.29 is 32.3 Å². The van der Waals surface area contributed by atoms with Crippen LogP contribution in [0.5, 0.6) is 0 Å². The third-order valence-electron chi connectivity index (χ3n) is 11.2. The number of hydrogen-bond acceptors (Lipinski definition) is 9. The molecule has 0 aliphatic heterocycles. The van der Waals surface area contributed by atoms with E-state index < -0.39 is 69.7 Å². The SMILES string of the molecule is CCn1c(=O)c(-c2cc(N(C(=O)Nc3ccccc3)C(C#N)C(=O)Nc3cc4c(cn3)cc(-c3cc(NC(=O)Nc5ccccc5)c(F)cc3Cl)c(=O)n4CC)c(F)cc2F)cc2cnc(NC(C)=O)cc21. The van der Waals surface area contributed by atoms with Gasteiger partial charge in [0.15, 0.2) is 0 Å². The minimum absolute atomic E-state index is 0.00910. The quantitative estimate of drug-likeness (QED) is 0.0784. The van der Waals surface area contributed by atoms with E-state index >= 15 is 13.2 Å². The Hall–Kier alpha value is -9.35. The van der Waals surface area contributed by atoms with E-state index in [4.69, 9.17) is 11.6 Å². The van der Waals surface area contributed by atoms with Gasteiger partial charge in [0, 0.05) is 89.4 Å². The van der Waals surface area contributed by atoms with Gasteiger partial charge < -0.3 is 35.7 Å². The lowest BCUT2D eigenvalue weighted by atomic mass is 10.0. The molecule has 0 saturated carbocycles. The van der Waals surface area contributed by atoms with Gasteiger partial charge >= 0.3 is 12.1 Å². The molecular formula is C51H39ClF3N11O6. The van der Waals surface area contributed by atoms with Gasteiger partial charge in [0.1, 0.15) is 29.1 Å². The highest BCUT2D eigenvalue weighted by atomic mass is 35.5. The van der Waals surface area contributed by atoms with Crippen molar-refractivity contribution in [1.82, 2.24) is 19.1 Å². The first kappa shape index (κ1) is 49.1. The number of halogens is 4. The molecule has 6 amide bonds. The number of benzene rings is 4. The number of nitrogens with one attached hydrogen (secondary N) is 5. The van der Waals surface area contributed by atoms with Crippen LogP contribution in [-0.4, -0.2) is 49.0 Å². The van der Waals surface area contributed by atoms with Crippen LogP contribution in [0.15, 0.2) is 131 Å². The molecule has 0 spiro atoms. The van der Waals surface area contributed by atoms with E-state index in [2.05, 4.69) is 36.6 Å². The van der Waals surface area contributed by atoms with E-state index in [9.17, 15) is 34.0 Å². The highest BCUT2D eigenvalue weighted by molar-refractivity contribution is 6.33. The molecule has 0 fully saturated rings. The second kappa shape index (κ2) is 20.7. The van der Waals surface area contributed by atoms with Crippen LogP contribution < -0.4 is 42.6 Å². The zero-order valence-corrected chi connectivity index (χ0v) is 38.9. The number of aromatic nitrogens is 4. The molecule has 4 aromatic heterocycles. The largest absolute Gasteiger partial charge is 0.328 e. The number of para-hydroxylation sites is 2. The Balaban J connectivity index is 1.15. The van der Waals surface area contributed by atoms with Crippen molar-refractivity contribution in [2.45, 2.75) is 39.9 Å². The topological polar surface area (TPSA) is 225 Å². The van der Waals surface area contributed by atoms with Crippen molar-refractivity contribution in [1.29, 1.82) is 5.26 Å². The van der Waals surface area contributed by atoms with Crippen molar-refractivity contribution in [3.05, 3.63) is 165 Å². The summed E-state index contributed by atoms with van der Waals surface area (Å²) in [7, 11) is 0. The molecule has 1 atom stereocenters. The maximum atomic E-state index is 16.3. The molecule has 8 aromatic rings. The highest BCUT2D eigenvalue weighted by Gasteiger charge is 2.35. The molecule has 4 heterocycles. The van der Waals surface area contributed by atoms with Gasteiger partial charge in [-0.15, -0.1) is 0 Å². The van der Waals surface area contributed by atoms with Crippen LogP contribution in [-0.2, 0) is 22.7 Å². The molecule has 0 saturated heterocycles. The van der Waals surface area contributed by atoms with Crippen LogP contribution in [0.2, 0.25) is 5.02 Å². The fourth-order valence-electron chi connectivity index (χ4n) is 7.96. The number of urea groups is 2. The molecule has 4 aromatic carbocycles. The van der Waals surface area contributed by atoms with Gasteiger partial charge in [-0.3, -0.25) is 24.1 Å². The molecule has 362 valence electrons. The van der Waals surface area contributed by atoms with Crippen LogP contribution in [0, 0.1) is 28.8 Å². The van der Waals surface area contributed by atoms with Crippen molar-refractivity contribution in [3.8, 4) is 28.3 Å². The van der Waals surface area contributed by atoms with Crippen molar-refractivity contribution in [2.24, 2.45) is 0 Å². The van der Waals surface area contributed by atoms with Crippen LogP contribution in [0.4, 0.5) is 57.1 Å². The van der Waals surface area contributed by atoms with Gasteiger partial charge in [-0.2, -0.15) is 5.26 Å². The van der Waals surface area contributed by atoms with E-state index in [1.807, 2.05) is 0 Å². The summed E-state index contributed by atoms with van der Waals surface area (Å²) in [5, 5.41) is 23.7. The van der Waals surface area contributed by atoms with Crippen molar-refractivity contribution >= 4 is 91.7 Å². The number of carbonyl (C=O) groups excluding carboxylic acids is 4. The van der Waals surface area contributed by atoms with Crippen LogP contribution in [0.3, 0.4) is 0 Å². The standard InChI is InChI=1S/C51H39ClF3N11O6/c1-4-64-42-23-46(58-26-28(42)16-34(48(64)69)32-18-40(38(54)20-36(32)52)62-50(71)60-30-12-8-6-9-13-30)63-47(68)44(24-56)66(51(72)61-31-14-10-7-11-15-31)43-19-33(37(53)21-39(43)55)35-17-29-25-57-45(59-27(3)67)22-41(29)65(5-2)49(35)70/h6-23,25-26,44H,4-5H2,1-3H3,(H,61,72)(H,57,59,67)(H,58,63,68)(H2,60,62,71). The van der Waals surface area contributed by atoms with Crippen molar-refractivity contribution in [2.75, 3.05) is 31.5 Å². The first-order chi connectivity index (χ1) is 34.6. The molecule has 0 radical (unpaired) electrons. The zero-order valence-electron chi connectivity index (χ0n) is 38.2. The number of amides is 6. The van der Waals surface area contributed by atoms with Gasteiger partial charge in [-0.1, -0.05) is 48.0 Å². The maximum absolute atomic E-state index is 16.3. The summed E-state index contributed by atoms with van der Waals surface area (Å²) in [6.45, 7) is 4.72. The predicted octanol–water partition coefficient (Wildman–Crippen LogP) is 9.72. The number of pyridine rings is 4. The van der Waals surface area contributed by atoms with E-state index in [1.165, 1.54) is 70.9 Å². The third kappa shape index (κ3) is 10.0. The lowest BCUT2D eigenvalue weighted by Crippen LogP contribution is -2.49. The first-order valence-electron chi connectivity index (χ1n) is 21.9. The molecule has 21 heteroatoms. The molecular weight excluding hydrogens is 955 g/mol. The summed E-state index contributed by atoms with van der Waals surface area (Å²) in [6.07, 6.45) is 2.64. The van der Waals surface area contributed by atoms with E-state index in [-0.39, 0.29) is 63.3 Å². The summed E-state index contributed by atoms with van der Waals surface area (Å²) in [6, 6.07) is 22.7. The number of hydrogen-bond donors (Lipinski definition) is 5. The van der Waals surface area contributed by atoms with Crippen molar-refractivity contribution in [3.63, 3.8) is 0 Å². The molecule has 5 N–H and O–H groups in total. The lowest BCUT2D eigenvalue weighted by Gasteiger charge is -2.28. The Bertz CT molecular complexity index is 3660. The molecule has 17 nitrogen and oxygen atoms in total. The monoisotopic (exact) mass is 993 g/mol. The molecule has 72 heavy (non-hydrogen) atoms. The Morgan fingerprint density at radius 1 is 0.653 bits per heavy atom. The molecule has 0 aliphatic carbocycles. The molecule has 8 rings (SSSR count). The van der Waals surface area contributed by atoms with E-state index in [1.54, 1.807) is 68.4 Å². The molecule has 1 unspecified atom stereocenters. The van der Waals surface area contributed by atoms with Crippen LogP contribution in [0.1, 0.15) is 20.8 Å². The fraction of sp³-hybridized carbons (Fsp3) is 0.118. The predicted molar refractivity (Wildman–Crippen MR) is 268 cm³/mol. The number of anilines is 6. The first-order valence-corrected chi connectivity index (χ1v) is 22.3. The Kier molecular flexibility index (Phi) is 14.1. The minimum atomic E-state index is -2.20. The van der Waals surface area contributed by atoms with Gasteiger partial charge in [0.25, 0.3) is 17.0 Å². The zero-order chi connectivity index (χ0) is 51.4. The van der Waals surface area contributed by atoms with Gasteiger partial charge in [-0.05, 0) is 68.4 Å². The second-order valence-corrected chi connectivity index (χ2v) is 16.3. The van der Waals surface area contributed by atoms with E-state index in [0.29, 0.717) is 32.9 Å². The summed E-state index contributed by atoms with van der Waals surface area (Å²) in [5.74, 6) is -5.15. The summed E-state index contributed by atoms with van der Waals surface area (Å²) in [4.78, 5) is 90.2. The maximum Gasteiger partial charge on any atom is 0.328 e. The number of nitriles is 1. The summed E-state index contributed by atoms with van der Waals surface area (Å²) < 4.78 is 50.0. The number of nitrogens with zero attached hydrogens (tertiary/aromatic N) is 6. The fourth-order valence-corrected chi connectivity index (χ4v) is 8.21. The molecule has 0 bridgehead atoms. The Morgan fingerprint density at radius 3 is 1.74 bits per heavy atom. The van der Waals surface area contributed by atoms with Crippen LogP contribution >= 0.6 is 11.6 Å². The average molecular weight is 994 g/mol. The Morgan fingerprint density at radius 2 is 1.19 bits per heavy atom. The number of rotatable bonds is 12. The average Bonchev–Trinajstić information content (AvgIpc) is 3.34. The smallest absolute Gasteiger partial charge is 0.311 e. The summed E-state index contributed by atoms with van der Waals surface area (Å²) >= 11 is 6.49. The molecule has 0 aliphatic rings.